The zero-order valence-electron chi connectivity index (χ0n) is 10.2. The molecule has 2 aromatic rings. The van der Waals surface area contributed by atoms with Crippen LogP contribution in [-0.2, 0) is 6.54 Å². The summed E-state index contributed by atoms with van der Waals surface area (Å²) in [5.41, 5.74) is 2.10. The number of pyridine rings is 1. The molecule has 0 unspecified atom stereocenters. The number of nitrogens with one attached hydrogen (secondary N) is 2. The topological polar surface area (TPSA) is 80.0 Å². The van der Waals surface area contributed by atoms with E-state index in [9.17, 15) is 4.79 Å². The fraction of sp³-hybridized carbons (Fsp3) is 0.250. The highest BCUT2D eigenvalue weighted by Crippen LogP contribution is 2.14. The van der Waals surface area contributed by atoms with Crippen LogP contribution in [-0.4, -0.2) is 23.1 Å². The molecule has 0 aromatic carbocycles. The van der Waals surface area contributed by atoms with Crippen LogP contribution in [0.25, 0.3) is 0 Å². The third-order valence-corrected chi connectivity index (χ3v) is 2.47. The van der Waals surface area contributed by atoms with E-state index < -0.39 is 0 Å². The van der Waals surface area contributed by atoms with Crippen molar-refractivity contribution in [2.45, 2.75) is 13.5 Å². The number of rotatable bonds is 4. The molecule has 0 radical (unpaired) electrons. The molecule has 0 aliphatic heterocycles. The molecule has 0 bridgehead atoms. The molecule has 2 N–H and O–H groups in total. The summed E-state index contributed by atoms with van der Waals surface area (Å²) in [5.74, 6) is 0.401. The molecule has 0 fully saturated rings. The van der Waals surface area contributed by atoms with Gasteiger partial charge in [-0.15, -0.1) is 0 Å². The largest absolute Gasteiger partial charge is 0.387 e. The molecular formula is C12H14N4O2. The predicted octanol–water partition coefficient (Wildman–Crippen LogP) is 1.35. The van der Waals surface area contributed by atoms with Crippen LogP contribution in [0.5, 0.6) is 0 Å². The molecule has 0 saturated heterocycles. The van der Waals surface area contributed by atoms with Gasteiger partial charge in [0.25, 0.3) is 5.91 Å². The highest BCUT2D eigenvalue weighted by atomic mass is 16.5. The summed E-state index contributed by atoms with van der Waals surface area (Å²) in [6.07, 6.45) is 3.09. The Morgan fingerprint density at radius 1 is 1.50 bits per heavy atom. The van der Waals surface area contributed by atoms with E-state index in [0.717, 1.165) is 11.4 Å². The van der Waals surface area contributed by atoms with Crippen LogP contribution in [0.15, 0.2) is 29.0 Å². The fourth-order valence-electron chi connectivity index (χ4n) is 1.54. The minimum absolute atomic E-state index is 0.205. The standard InChI is InChI=1S/C12H14N4O2/c1-8-5-11(13-2)10(7-14-8)12(17)15-6-9-3-4-16-18-9/h3-5,7H,6H2,1-2H3,(H,13,14)(H,15,17). The molecule has 6 nitrogen and oxygen atoms in total. The number of carbonyl (C=O) groups is 1. The van der Waals surface area contributed by atoms with Crippen LogP contribution in [0.4, 0.5) is 5.69 Å². The van der Waals surface area contributed by atoms with Gasteiger partial charge < -0.3 is 15.2 Å². The van der Waals surface area contributed by atoms with E-state index in [1.54, 1.807) is 19.3 Å². The average Bonchev–Trinajstić information content (AvgIpc) is 2.88. The third-order valence-electron chi connectivity index (χ3n) is 2.47. The molecular weight excluding hydrogens is 232 g/mol. The molecule has 2 rings (SSSR count). The zero-order valence-corrected chi connectivity index (χ0v) is 10.2. The Labute approximate surface area is 104 Å². The predicted molar refractivity (Wildman–Crippen MR) is 66.2 cm³/mol. The normalized spacial score (nSPS) is 10.1. The molecule has 0 atom stereocenters. The molecule has 0 aliphatic rings. The van der Waals surface area contributed by atoms with Gasteiger partial charge in [-0.1, -0.05) is 5.16 Å². The SMILES string of the molecule is CNc1cc(C)ncc1C(=O)NCc1ccno1. The second kappa shape index (κ2) is 5.31. The first-order valence-corrected chi connectivity index (χ1v) is 5.53. The average molecular weight is 246 g/mol. The number of aryl methyl sites for hydroxylation is 1. The summed E-state index contributed by atoms with van der Waals surface area (Å²) in [7, 11) is 1.77. The molecule has 18 heavy (non-hydrogen) atoms. The van der Waals surface area contributed by atoms with E-state index in [0.29, 0.717) is 17.9 Å². The smallest absolute Gasteiger partial charge is 0.255 e. The van der Waals surface area contributed by atoms with Crippen molar-refractivity contribution in [2.75, 3.05) is 12.4 Å². The second-order valence-corrected chi connectivity index (χ2v) is 3.78. The molecule has 0 spiro atoms. The first kappa shape index (κ1) is 12.1. The van der Waals surface area contributed by atoms with Crippen LogP contribution in [0.2, 0.25) is 0 Å². The van der Waals surface area contributed by atoms with Gasteiger partial charge in [0.2, 0.25) is 0 Å². The highest BCUT2D eigenvalue weighted by Gasteiger charge is 2.11. The molecule has 1 amide bonds. The van der Waals surface area contributed by atoms with Gasteiger partial charge in [-0.05, 0) is 13.0 Å². The van der Waals surface area contributed by atoms with Crippen molar-refractivity contribution in [1.82, 2.24) is 15.5 Å². The van der Waals surface area contributed by atoms with E-state index in [2.05, 4.69) is 20.8 Å². The molecule has 6 heteroatoms. The van der Waals surface area contributed by atoms with Gasteiger partial charge in [0.1, 0.15) is 0 Å². The van der Waals surface area contributed by atoms with Crippen molar-refractivity contribution in [3.05, 3.63) is 41.5 Å². The maximum atomic E-state index is 12.0. The van der Waals surface area contributed by atoms with Gasteiger partial charge in [-0.25, -0.2) is 0 Å². The summed E-state index contributed by atoms with van der Waals surface area (Å²) >= 11 is 0. The summed E-state index contributed by atoms with van der Waals surface area (Å²) in [6, 6.07) is 3.52. The van der Waals surface area contributed by atoms with Crippen LogP contribution in [0.3, 0.4) is 0 Å². The van der Waals surface area contributed by atoms with Gasteiger partial charge in [0.15, 0.2) is 5.76 Å². The molecule has 0 saturated carbocycles. The van der Waals surface area contributed by atoms with E-state index >= 15 is 0 Å². The van der Waals surface area contributed by atoms with Crippen LogP contribution >= 0.6 is 0 Å². The number of anilines is 1. The van der Waals surface area contributed by atoms with Crippen molar-refractivity contribution in [2.24, 2.45) is 0 Å². The van der Waals surface area contributed by atoms with Crippen molar-refractivity contribution in [3.8, 4) is 0 Å². The van der Waals surface area contributed by atoms with Crippen molar-refractivity contribution in [1.29, 1.82) is 0 Å². The maximum Gasteiger partial charge on any atom is 0.255 e. The summed E-state index contributed by atoms with van der Waals surface area (Å²) in [5, 5.41) is 9.28. The van der Waals surface area contributed by atoms with Crippen molar-refractivity contribution >= 4 is 11.6 Å². The van der Waals surface area contributed by atoms with E-state index in [1.165, 1.54) is 6.20 Å². The number of aromatic nitrogens is 2. The first-order valence-electron chi connectivity index (χ1n) is 5.53. The Kier molecular flexibility index (Phi) is 3.57. The Morgan fingerprint density at radius 3 is 3.00 bits per heavy atom. The lowest BCUT2D eigenvalue weighted by atomic mass is 10.2. The van der Waals surface area contributed by atoms with Crippen molar-refractivity contribution in [3.63, 3.8) is 0 Å². The minimum atomic E-state index is -0.205. The summed E-state index contributed by atoms with van der Waals surface area (Å²) in [6.45, 7) is 2.17. The number of hydrogen-bond donors (Lipinski definition) is 2. The van der Waals surface area contributed by atoms with E-state index in [1.807, 2.05) is 13.0 Å². The lowest BCUT2D eigenvalue weighted by Crippen LogP contribution is -2.23. The minimum Gasteiger partial charge on any atom is -0.387 e. The number of nitrogens with zero attached hydrogens (tertiary/aromatic N) is 2. The Hall–Kier alpha value is -2.37. The van der Waals surface area contributed by atoms with Crippen molar-refractivity contribution < 1.29 is 9.32 Å². The third kappa shape index (κ3) is 2.65. The maximum absolute atomic E-state index is 12.0. The fourth-order valence-corrected chi connectivity index (χ4v) is 1.54. The summed E-state index contributed by atoms with van der Waals surface area (Å²) in [4.78, 5) is 16.1. The van der Waals surface area contributed by atoms with Crippen LogP contribution in [0, 0.1) is 6.92 Å². The number of amides is 1. The number of carbonyl (C=O) groups excluding carboxylic acids is 1. The van der Waals surface area contributed by atoms with Crippen LogP contribution < -0.4 is 10.6 Å². The van der Waals surface area contributed by atoms with Gasteiger partial charge in [-0.2, -0.15) is 0 Å². The van der Waals surface area contributed by atoms with Gasteiger partial charge in [0.05, 0.1) is 24.0 Å². The Morgan fingerprint density at radius 2 is 2.33 bits per heavy atom. The van der Waals surface area contributed by atoms with Gasteiger partial charge in [0, 0.05) is 25.0 Å². The molecule has 2 aromatic heterocycles. The zero-order chi connectivity index (χ0) is 13.0. The van der Waals surface area contributed by atoms with Gasteiger partial charge in [-0.3, -0.25) is 9.78 Å². The Balaban J connectivity index is 2.09. The van der Waals surface area contributed by atoms with Crippen LogP contribution in [0.1, 0.15) is 21.8 Å². The molecule has 0 aliphatic carbocycles. The first-order chi connectivity index (χ1) is 8.70. The lowest BCUT2D eigenvalue weighted by molar-refractivity contribution is 0.0947. The quantitative estimate of drug-likeness (QED) is 0.851. The van der Waals surface area contributed by atoms with E-state index in [-0.39, 0.29) is 5.91 Å². The monoisotopic (exact) mass is 246 g/mol. The van der Waals surface area contributed by atoms with E-state index in [4.69, 9.17) is 4.52 Å². The van der Waals surface area contributed by atoms with Gasteiger partial charge >= 0.3 is 0 Å². The Bertz CT molecular complexity index is 537. The second-order valence-electron chi connectivity index (χ2n) is 3.78. The molecule has 94 valence electrons. The highest BCUT2D eigenvalue weighted by molar-refractivity contribution is 5.99. The lowest BCUT2D eigenvalue weighted by Gasteiger charge is -2.09. The number of hydrogen-bond acceptors (Lipinski definition) is 5. The summed E-state index contributed by atoms with van der Waals surface area (Å²) < 4.78 is 4.90. The molecule has 2 heterocycles.